The Hall–Kier alpha value is -3.55. The molecule has 4 rings (SSSR count). The fourth-order valence-corrected chi connectivity index (χ4v) is 3.86. The van der Waals surface area contributed by atoms with E-state index >= 15 is 0 Å². The van der Waals surface area contributed by atoms with E-state index in [0.29, 0.717) is 29.5 Å². The van der Waals surface area contributed by atoms with Crippen molar-refractivity contribution in [3.63, 3.8) is 0 Å². The van der Waals surface area contributed by atoms with E-state index in [2.05, 4.69) is 0 Å². The van der Waals surface area contributed by atoms with E-state index in [4.69, 9.17) is 23.7 Å². The largest absolute Gasteiger partial charge is 0.493 e. The average molecular weight is 412 g/mol. The van der Waals surface area contributed by atoms with Crippen LogP contribution in [0.2, 0.25) is 0 Å². The standard InChI is InChI=1S/C22H22NO7/c1-23-8-7-12-9-16-17(30-11-29-16)10-14(12)19(23)20(24)13-5-6-15(26-2)21(27-3)18(13)22(25)28-4/h5-6,9-10H,7-8,11H2,1-4H3/q+1. The van der Waals surface area contributed by atoms with E-state index in [1.165, 1.54) is 21.3 Å². The Morgan fingerprint density at radius 1 is 1.03 bits per heavy atom. The number of hydrogen-bond acceptors (Lipinski definition) is 7. The number of esters is 1. The van der Waals surface area contributed by atoms with Crippen molar-refractivity contribution in [3.8, 4) is 23.0 Å². The van der Waals surface area contributed by atoms with E-state index in [0.717, 1.165) is 17.5 Å². The molecule has 0 radical (unpaired) electrons. The van der Waals surface area contributed by atoms with E-state index in [1.807, 2.05) is 23.8 Å². The number of ketones is 1. The Labute approximate surface area is 173 Å². The van der Waals surface area contributed by atoms with Gasteiger partial charge >= 0.3 is 5.97 Å². The number of benzene rings is 2. The van der Waals surface area contributed by atoms with Crippen molar-refractivity contribution in [3.05, 3.63) is 46.5 Å². The Bertz CT molecular complexity index is 1090. The summed E-state index contributed by atoms with van der Waals surface area (Å²) in [5, 5.41) is 0. The van der Waals surface area contributed by atoms with Crippen LogP contribution in [0, 0.1) is 0 Å². The zero-order chi connectivity index (χ0) is 21.4. The summed E-state index contributed by atoms with van der Waals surface area (Å²) in [4.78, 5) is 26.3. The maximum absolute atomic E-state index is 13.7. The Morgan fingerprint density at radius 3 is 2.43 bits per heavy atom. The molecule has 0 bridgehead atoms. The third-order valence-electron chi connectivity index (χ3n) is 5.35. The molecule has 0 N–H and O–H groups in total. The Kier molecular flexibility index (Phi) is 5.07. The molecule has 0 unspecified atom stereocenters. The SMILES string of the molecule is COC(=O)c1c(C(=O)C2=[N+](C)CCc3cc4c(cc32)OCO4)ccc(OC)c1OC. The zero-order valence-corrected chi connectivity index (χ0v) is 17.2. The van der Waals surface area contributed by atoms with Crippen LogP contribution in [0.1, 0.15) is 31.8 Å². The molecule has 0 aliphatic carbocycles. The Morgan fingerprint density at radius 2 is 1.77 bits per heavy atom. The Balaban J connectivity index is 1.89. The molecule has 8 nitrogen and oxygen atoms in total. The number of likely N-dealkylation sites (N-methyl/N-ethyl adjacent to an activating group) is 1. The highest BCUT2D eigenvalue weighted by Gasteiger charge is 2.36. The lowest BCUT2D eigenvalue weighted by Gasteiger charge is -2.18. The summed E-state index contributed by atoms with van der Waals surface area (Å²) >= 11 is 0. The van der Waals surface area contributed by atoms with Crippen LogP contribution in [0.15, 0.2) is 24.3 Å². The van der Waals surface area contributed by atoms with Crippen molar-refractivity contribution in [2.75, 3.05) is 41.7 Å². The van der Waals surface area contributed by atoms with Gasteiger partial charge in [0.25, 0.3) is 11.5 Å². The summed E-state index contributed by atoms with van der Waals surface area (Å²) < 4.78 is 28.5. The van der Waals surface area contributed by atoms with Crippen molar-refractivity contribution in [2.45, 2.75) is 6.42 Å². The number of fused-ring (bicyclic) bond motifs is 2. The number of Topliss-reactive ketones (excluding diaryl/α,β-unsaturated/α-hetero) is 1. The van der Waals surface area contributed by atoms with E-state index < -0.39 is 5.97 Å². The third-order valence-corrected chi connectivity index (χ3v) is 5.35. The van der Waals surface area contributed by atoms with Crippen LogP contribution < -0.4 is 18.9 Å². The quantitative estimate of drug-likeness (QED) is 0.422. The van der Waals surface area contributed by atoms with Crippen LogP contribution in [0.25, 0.3) is 0 Å². The minimum absolute atomic E-state index is 0.0260. The predicted molar refractivity (Wildman–Crippen MR) is 107 cm³/mol. The minimum atomic E-state index is -0.681. The summed E-state index contributed by atoms with van der Waals surface area (Å²) in [7, 11) is 5.97. The second kappa shape index (κ2) is 7.70. The number of ether oxygens (including phenoxy) is 5. The lowest BCUT2D eigenvalue weighted by molar-refractivity contribution is -0.496. The predicted octanol–water partition coefficient (Wildman–Crippen LogP) is 2.09. The van der Waals surface area contributed by atoms with Crippen molar-refractivity contribution >= 4 is 17.5 Å². The van der Waals surface area contributed by atoms with Crippen LogP contribution in [0.4, 0.5) is 0 Å². The summed E-state index contributed by atoms with van der Waals surface area (Å²) in [5.41, 5.74) is 2.40. The molecule has 0 amide bonds. The summed E-state index contributed by atoms with van der Waals surface area (Å²) in [6.07, 6.45) is 0.759. The van der Waals surface area contributed by atoms with Gasteiger partial charge in [-0.05, 0) is 29.8 Å². The molecule has 0 fully saturated rings. The lowest BCUT2D eigenvalue weighted by Crippen LogP contribution is -2.34. The molecule has 156 valence electrons. The van der Waals surface area contributed by atoms with Crippen molar-refractivity contribution in [2.24, 2.45) is 0 Å². The fourth-order valence-electron chi connectivity index (χ4n) is 3.86. The van der Waals surface area contributed by atoms with E-state index in [-0.39, 0.29) is 29.5 Å². The van der Waals surface area contributed by atoms with Crippen LogP contribution in [0.5, 0.6) is 23.0 Å². The highest BCUT2D eigenvalue weighted by Crippen LogP contribution is 2.38. The van der Waals surface area contributed by atoms with E-state index in [9.17, 15) is 9.59 Å². The van der Waals surface area contributed by atoms with Gasteiger partial charge in [0.15, 0.2) is 23.0 Å². The molecular weight excluding hydrogens is 390 g/mol. The summed E-state index contributed by atoms with van der Waals surface area (Å²) in [5.74, 6) is 0.749. The average Bonchev–Trinajstić information content (AvgIpc) is 3.22. The van der Waals surface area contributed by atoms with Crippen LogP contribution in [-0.2, 0) is 11.2 Å². The van der Waals surface area contributed by atoms with Gasteiger partial charge in [-0.1, -0.05) is 0 Å². The second-order valence-electron chi connectivity index (χ2n) is 6.93. The third kappa shape index (κ3) is 3.04. The van der Waals surface area contributed by atoms with Crippen LogP contribution >= 0.6 is 0 Å². The topological polar surface area (TPSA) is 83.3 Å². The van der Waals surface area contributed by atoms with Crippen molar-refractivity contribution in [1.82, 2.24) is 0 Å². The molecule has 30 heavy (non-hydrogen) atoms. The first-order valence-corrected chi connectivity index (χ1v) is 9.39. The first-order valence-electron chi connectivity index (χ1n) is 9.39. The number of methoxy groups -OCH3 is 3. The van der Waals surface area contributed by atoms with Gasteiger partial charge in [0, 0.05) is 12.0 Å². The first kappa shape index (κ1) is 19.8. The van der Waals surface area contributed by atoms with Gasteiger partial charge in [-0.3, -0.25) is 4.79 Å². The molecule has 2 aliphatic heterocycles. The first-order chi connectivity index (χ1) is 14.5. The molecule has 0 saturated heterocycles. The number of carbonyl (C=O) groups is 2. The number of rotatable bonds is 5. The molecular formula is C22H22NO7+. The van der Waals surface area contributed by atoms with Crippen LogP contribution in [-0.4, -0.2) is 63.8 Å². The second-order valence-corrected chi connectivity index (χ2v) is 6.93. The van der Waals surface area contributed by atoms with Gasteiger partial charge in [-0.25, -0.2) is 9.37 Å². The van der Waals surface area contributed by atoms with Gasteiger partial charge < -0.3 is 23.7 Å². The fraction of sp³-hybridized carbons (Fsp3) is 0.318. The molecule has 2 heterocycles. The van der Waals surface area contributed by atoms with Gasteiger partial charge in [0.05, 0.1) is 26.9 Å². The van der Waals surface area contributed by atoms with Gasteiger partial charge in [0.2, 0.25) is 6.79 Å². The molecule has 0 atom stereocenters. The molecule has 8 heteroatoms. The van der Waals surface area contributed by atoms with Gasteiger partial charge in [0.1, 0.15) is 19.2 Å². The van der Waals surface area contributed by atoms with Crippen molar-refractivity contribution < 1.29 is 37.8 Å². The molecule has 0 aromatic heterocycles. The van der Waals surface area contributed by atoms with Gasteiger partial charge in [-0.2, -0.15) is 0 Å². The molecule has 0 saturated carbocycles. The normalized spacial score (nSPS) is 14.3. The highest BCUT2D eigenvalue weighted by molar-refractivity contribution is 6.51. The molecule has 2 aliphatic rings. The van der Waals surface area contributed by atoms with Crippen molar-refractivity contribution in [1.29, 1.82) is 0 Å². The summed E-state index contributed by atoms with van der Waals surface area (Å²) in [6.45, 7) is 0.800. The number of hydrogen-bond donors (Lipinski definition) is 0. The monoisotopic (exact) mass is 412 g/mol. The number of carbonyl (C=O) groups excluding carboxylic acids is 2. The molecule has 2 aromatic carbocycles. The zero-order valence-electron chi connectivity index (χ0n) is 17.2. The van der Waals surface area contributed by atoms with Gasteiger partial charge in [-0.15, -0.1) is 0 Å². The maximum Gasteiger partial charge on any atom is 0.342 e. The van der Waals surface area contributed by atoms with E-state index in [1.54, 1.807) is 12.1 Å². The molecule has 2 aromatic rings. The minimum Gasteiger partial charge on any atom is -0.493 e. The van der Waals surface area contributed by atoms with Crippen LogP contribution in [0.3, 0.4) is 0 Å². The lowest BCUT2D eigenvalue weighted by atomic mass is 9.89. The molecule has 0 spiro atoms. The smallest absolute Gasteiger partial charge is 0.342 e. The number of nitrogens with zero attached hydrogens (tertiary/aromatic N) is 1. The maximum atomic E-state index is 13.7. The summed E-state index contributed by atoms with van der Waals surface area (Å²) in [6, 6.07) is 6.88. The highest BCUT2D eigenvalue weighted by atomic mass is 16.7.